The fraction of sp³-hybridized carbons (Fsp3) is 0. The van der Waals surface area contributed by atoms with Crippen molar-refractivity contribution < 1.29 is 0 Å². The van der Waals surface area contributed by atoms with Gasteiger partial charge in [0.1, 0.15) is 0 Å². The molecule has 0 radical (unpaired) electrons. The summed E-state index contributed by atoms with van der Waals surface area (Å²) in [7, 11) is 0. The number of rotatable bonds is 6. The number of nitrogens with zero attached hydrogens (tertiary/aromatic N) is 4. The molecule has 0 saturated heterocycles. The van der Waals surface area contributed by atoms with Crippen LogP contribution in [0.3, 0.4) is 0 Å². The lowest BCUT2D eigenvalue weighted by Gasteiger charge is -2.27. The molecule has 4 heteroatoms. The van der Waals surface area contributed by atoms with Crippen molar-refractivity contribution in [2.24, 2.45) is 0 Å². The zero-order chi connectivity index (χ0) is 43.0. The van der Waals surface area contributed by atoms with Crippen LogP contribution in [0.25, 0.3) is 97.7 Å². The SMILES string of the molecule is c1ccc(N(c2ccccc2)c2cccc3c4cccc5c6cc7c(cc6n(c23)c54)c2cc3ccccc3c3c4c5ccccc5cc(N(c5ccccc5)c5ccccc5)c4n7c23)cc1. The van der Waals surface area contributed by atoms with Gasteiger partial charge in [-0.1, -0.05) is 152 Å². The number of hydrogen-bond donors (Lipinski definition) is 0. The molecule has 4 nitrogen and oxygen atoms in total. The Hall–Kier alpha value is -8.86. The van der Waals surface area contributed by atoms with Crippen molar-refractivity contribution >= 4 is 132 Å². The van der Waals surface area contributed by atoms with Gasteiger partial charge >= 0.3 is 0 Å². The van der Waals surface area contributed by atoms with Crippen LogP contribution in [-0.4, -0.2) is 8.80 Å². The maximum absolute atomic E-state index is 2.62. The lowest BCUT2D eigenvalue weighted by atomic mass is 9.96. The van der Waals surface area contributed by atoms with E-state index in [1.165, 1.54) is 97.7 Å². The van der Waals surface area contributed by atoms with Crippen molar-refractivity contribution in [1.82, 2.24) is 8.80 Å². The third kappa shape index (κ3) is 4.72. The van der Waals surface area contributed by atoms with Crippen LogP contribution in [0.4, 0.5) is 34.1 Å². The quantitative estimate of drug-likeness (QED) is 0.166. The van der Waals surface area contributed by atoms with E-state index in [1.54, 1.807) is 0 Å². The first-order valence-corrected chi connectivity index (χ1v) is 22.8. The van der Waals surface area contributed by atoms with E-state index in [4.69, 9.17) is 0 Å². The number of anilines is 6. The first-order chi connectivity index (χ1) is 32.8. The highest BCUT2D eigenvalue weighted by atomic mass is 15.2. The lowest BCUT2D eigenvalue weighted by molar-refractivity contribution is 1.27. The second-order valence-electron chi connectivity index (χ2n) is 17.7. The third-order valence-electron chi connectivity index (χ3n) is 14.2. The van der Waals surface area contributed by atoms with Crippen LogP contribution in [0.15, 0.2) is 231 Å². The lowest BCUT2D eigenvalue weighted by Crippen LogP contribution is -2.11. The van der Waals surface area contributed by atoms with E-state index in [0.29, 0.717) is 0 Å². The summed E-state index contributed by atoms with van der Waals surface area (Å²) < 4.78 is 5.19. The Morgan fingerprint density at radius 1 is 0.242 bits per heavy atom. The second kappa shape index (κ2) is 13.3. The summed E-state index contributed by atoms with van der Waals surface area (Å²) in [4.78, 5) is 4.87. The Morgan fingerprint density at radius 2 is 0.636 bits per heavy atom. The topological polar surface area (TPSA) is 15.3 Å². The van der Waals surface area contributed by atoms with Gasteiger partial charge in [-0.25, -0.2) is 0 Å². The predicted octanol–water partition coefficient (Wildman–Crippen LogP) is 17.2. The average Bonchev–Trinajstić information content (AvgIpc) is 4.11. The van der Waals surface area contributed by atoms with Gasteiger partial charge < -0.3 is 18.6 Å². The maximum Gasteiger partial charge on any atom is 0.0789 e. The smallest absolute Gasteiger partial charge is 0.0789 e. The first kappa shape index (κ1) is 35.6. The average molecular weight is 839 g/mol. The van der Waals surface area contributed by atoms with Gasteiger partial charge in [0.2, 0.25) is 0 Å². The van der Waals surface area contributed by atoms with Gasteiger partial charge in [0, 0.05) is 65.8 Å². The monoisotopic (exact) mass is 838 g/mol. The van der Waals surface area contributed by atoms with E-state index < -0.39 is 0 Å². The van der Waals surface area contributed by atoms with Crippen molar-refractivity contribution in [2.75, 3.05) is 9.80 Å². The Balaban J connectivity index is 1.14. The maximum atomic E-state index is 2.62. The molecule has 0 bridgehead atoms. The van der Waals surface area contributed by atoms with Gasteiger partial charge in [-0.2, -0.15) is 0 Å². The van der Waals surface area contributed by atoms with Gasteiger partial charge in [-0.3, -0.25) is 0 Å². The standard InChI is InChI=1S/C62H38N4/c1-5-21-41(22-6-1)63(42-23-7-2-8-24-42)53-34-18-33-48-47-31-17-32-49-50-37-55-51(38-54(50)65(59(47)49)60(48)53)52-35-39-19-13-15-29-45(39)57-58-46-30-16-14-20-40(46)36-56(62(58)66(55)61(52)57)64(43-25-9-3-10-26-43)44-27-11-4-12-28-44/h1-38H. The molecule has 0 aliphatic carbocycles. The Bertz CT molecular complexity index is 4300. The molecule has 4 aromatic heterocycles. The second-order valence-corrected chi connectivity index (χ2v) is 17.7. The first-order valence-electron chi connectivity index (χ1n) is 22.8. The van der Waals surface area contributed by atoms with Crippen LogP contribution >= 0.6 is 0 Å². The summed E-state index contributed by atoms with van der Waals surface area (Å²) in [5.41, 5.74) is 14.1. The predicted molar refractivity (Wildman–Crippen MR) is 280 cm³/mol. The van der Waals surface area contributed by atoms with Crippen LogP contribution in [-0.2, 0) is 0 Å². The minimum Gasteiger partial charge on any atom is -0.308 e. The molecule has 15 rings (SSSR count). The normalized spacial score (nSPS) is 12.2. The van der Waals surface area contributed by atoms with Gasteiger partial charge in [0.15, 0.2) is 0 Å². The molecule has 4 heterocycles. The highest BCUT2D eigenvalue weighted by Gasteiger charge is 2.29. The van der Waals surface area contributed by atoms with E-state index in [1.807, 2.05) is 0 Å². The molecule has 66 heavy (non-hydrogen) atoms. The minimum absolute atomic E-state index is 1.12. The van der Waals surface area contributed by atoms with Crippen LogP contribution in [0, 0.1) is 0 Å². The molecule has 15 aromatic rings. The minimum atomic E-state index is 1.12. The van der Waals surface area contributed by atoms with Crippen molar-refractivity contribution in [2.45, 2.75) is 0 Å². The number of para-hydroxylation sites is 6. The van der Waals surface area contributed by atoms with Crippen molar-refractivity contribution in [1.29, 1.82) is 0 Å². The van der Waals surface area contributed by atoms with Crippen molar-refractivity contribution in [3.63, 3.8) is 0 Å². The Labute approximate surface area is 379 Å². The fourth-order valence-corrected chi connectivity index (χ4v) is 11.6. The zero-order valence-corrected chi connectivity index (χ0v) is 35.7. The molecule has 11 aromatic carbocycles. The molecule has 0 fully saturated rings. The molecule has 0 unspecified atom stereocenters. The number of hydrogen-bond acceptors (Lipinski definition) is 2. The number of fused-ring (bicyclic) bond motifs is 16. The number of aromatic nitrogens is 2. The molecule has 0 amide bonds. The van der Waals surface area contributed by atoms with E-state index in [9.17, 15) is 0 Å². The van der Waals surface area contributed by atoms with Crippen LogP contribution in [0.2, 0.25) is 0 Å². The van der Waals surface area contributed by atoms with Crippen molar-refractivity contribution in [3.05, 3.63) is 231 Å². The van der Waals surface area contributed by atoms with Gasteiger partial charge in [0.05, 0.1) is 44.5 Å². The molecular weight excluding hydrogens is 801 g/mol. The Morgan fingerprint density at radius 3 is 1.20 bits per heavy atom. The van der Waals surface area contributed by atoms with Gasteiger partial charge in [-0.15, -0.1) is 0 Å². The highest BCUT2D eigenvalue weighted by Crippen LogP contribution is 2.52. The molecule has 0 saturated carbocycles. The van der Waals surface area contributed by atoms with Crippen LogP contribution in [0.1, 0.15) is 0 Å². The van der Waals surface area contributed by atoms with Gasteiger partial charge in [-0.05, 0) is 100 Å². The summed E-state index contributed by atoms with van der Waals surface area (Å²) in [5.74, 6) is 0. The fourth-order valence-electron chi connectivity index (χ4n) is 11.6. The highest BCUT2D eigenvalue weighted by molar-refractivity contribution is 6.38. The van der Waals surface area contributed by atoms with E-state index in [0.717, 1.165) is 34.1 Å². The van der Waals surface area contributed by atoms with Crippen LogP contribution < -0.4 is 9.80 Å². The summed E-state index contributed by atoms with van der Waals surface area (Å²) in [5, 5.41) is 15.1. The molecule has 306 valence electrons. The summed E-state index contributed by atoms with van der Waals surface area (Å²) in [6, 6.07) is 84.8. The molecule has 0 spiro atoms. The van der Waals surface area contributed by atoms with E-state index in [2.05, 4.69) is 249 Å². The van der Waals surface area contributed by atoms with Crippen LogP contribution in [0.5, 0.6) is 0 Å². The summed E-state index contributed by atoms with van der Waals surface area (Å²) >= 11 is 0. The Kier molecular flexibility index (Phi) is 7.19. The van der Waals surface area contributed by atoms with Crippen molar-refractivity contribution in [3.8, 4) is 0 Å². The zero-order valence-electron chi connectivity index (χ0n) is 35.7. The molecule has 0 aliphatic rings. The third-order valence-corrected chi connectivity index (χ3v) is 14.2. The van der Waals surface area contributed by atoms with E-state index >= 15 is 0 Å². The summed E-state index contributed by atoms with van der Waals surface area (Å²) in [6.07, 6.45) is 0. The summed E-state index contributed by atoms with van der Waals surface area (Å²) in [6.45, 7) is 0. The molecule has 0 aliphatic heterocycles. The van der Waals surface area contributed by atoms with Gasteiger partial charge in [0.25, 0.3) is 0 Å². The molecular formula is C62H38N4. The number of benzene rings is 11. The largest absolute Gasteiger partial charge is 0.308 e. The molecule has 0 atom stereocenters. The molecule has 0 N–H and O–H groups in total. The van der Waals surface area contributed by atoms with E-state index in [-0.39, 0.29) is 0 Å².